The SMILES string of the molecule is C[C@H](Sc1nnc(C2CC2)n1-c1ccccc1)C(=O)N[C@H]1CCCc2ccccc21. The van der Waals surface area contributed by atoms with Crippen LogP contribution in [-0.4, -0.2) is 25.9 Å². The third kappa shape index (κ3) is 3.88. The smallest absolute Gasteiger partial charge is 0.233 e. The van der Waals surface area contributed by atoms with E-state index in [0.717, 1.165) is 48.8 Å². The average Bonchev–Trinajstić information content (AvgIpc) is 3.55. The van der Waals surface area contributed by atoms with E-state index in [9.17, 15) is 4.79 Å². The van der Waals surface area contributed by atoms with Crippen molar-refractivity contribution in [3.05, 3.63) is 71.5 Å². The molecule has 0 unspecified atom stereocenters. The Bertz CT molecular complexity index is 1040. The molecule has 2 aliphatic rings. The molecule has 0 saturated heterocycles. The van der Waals surface area contributed by atoms with E-state index in [2.05, 4.69) is 56.5 Å². The molecule has 2 aromatic carbocycles. The lowest BCUT2D eigenvalue weighted by molar-refractivity contribution is -0.121. The van der Waals surface area contributed by atoms with E-state index in [1.807, 2.05) is 25.1 Å². The molecular formula is C24H26N4OS. The van der Waals surface area contributed by atoms with Crippen LogP contribution >= 0.6 is 11.8 Å². The standard InChI is InChI=1S/C24H26N4OS/c1-16(23(29)25-21-13-7-9-17-8-5-6-12-20(17)21)30-24-27-26-22(18-14-15-18)28(24)19-10-3-2-4-11-19/h2-6,8,10-12,16,18,21H,7,9,13-15H2,1H3,(H,25,29)/t16-,21-/m0/s1. The van der Waals surface area contributed by atoms with E-state index in [1.165, 1.54) is 22.9 Å². The summed E-state index contributed by atoms with van der Waals surface area (Å²) in [4.78, 5) is 13.0. The fourth-order valence-electron chi connectivity index (χ4n) is 4.19. The fraction of sp³-hybridized carbons (Fsp3) is 0.375. The molecular weight excluding hydrogens is 392 g/mol. The van der Waals surface area contributed by atoms with Gasteiger partial charge < -0.3 is 5.32 Å². The summed E-state index contributed by atoms with van der Waals surface area (Å²) in [6.45, 7) is 1.95. The highest BCUT2D eigenvalue weighted by Crippen LogP contribution is 2.41. The molecule has 3 aromatic rings. The molecule has 1 saturated carbocycles. The van der Waals surface area contributed by atoms with Crippen LogP contribution in [0.3, 0.4) is 0 Å². The topological polar surface area (TPSA) is 59.8 Å². The Morgan fingerprint density at radius 1 is 1.07 bits per heavy atom. The number of carbonyl (C=O) groups excluding carboxylic acids is 1. The average molecular weight is 419 g/mol. The number of thioether (sulfide) groups is 1. The summed E-state index contributed by atoms with van der Waals surface area (Å²) in [6.07, 6.45) is 5.51. The molecule has 1 aromatic heterocycles. The predicted molar refractivity (Wildman–Crippen MR) is 119 cm³/mol. The number of benzene rings is 2. The van der Waals surface area contributed by atoms with Gasteiger partial charge in [0.1, 0.15) is 5.82 Å². The van der Waals surface area contributed by atoms with Crippen molar-refractivity contribution in [2.45, 2.75) is 61.4 Å². The van der Waals surface area contributed by atoms with Gasteiger partial charge in [0.15, 0.2) is 5.16 Å². The number of rotatable bonds is 6. The fourth-order valence-corrected chi connectivity index (χ4v) is 5.07. The summed E-state index contributed by atoms with van der Waals surface area (Å²) >= 11 is 1.49. The van der Waals surface area contributed by atoms with Gasteiger partial charge in [0.2, 0.25) is 5.91 Å². The highest BCUT2D eigenvalue weighted by molar-refractivity contribution is 8.00. The molecule has 2 aliphatic carbocycles. The van der Waals surface area contributed by atoms with Gasteiger partial charge in [-0.3, -0.25) is 9.36 Å². The maximum atomic E-state index is 13.0. The monoisotopic (exact) mass is 418 g/mol. The van der Waals surface area contributed by atoms with Crippen molar-refractivity contribution in [1.82, 2.24) is 20.1 Å². The number of para-hydroxylation sites is 1. The maximum absolute atomic E-state index is 13.0. The molecule has 5 nitrogen and oxygen atoms in total. The maximum Gasteiger partial charge on any atom is 0.233 e. The molecule has 5 rings (SSSR count). The van der Waals surface area contributed by atoms with Gasteiger partial charge in [-0.2, -0.15) is 0 Å². The minimum atomic E-state index is -0.252. The van der Waals surface area contributed by atoms with Crippen LogP contribution in [0.25, 0.3) is 5.69 Å². The molecule has 30 heavy (non-hydrogen) atoms. The van der Waals surface area contributed by atoms with Gasteiger partial charge in [-0.15, -0.1) is 10.2 Å². The summed E-state index contributed by atoms with van der Waals surface area (Å²) in [5, 5.41) is 12.7. The number of amides is 1. The van der Waals surface area contributed by atoms with Crippen LogP contribution < -0.4 is 5.32 Å². The summed E-state index contributed by atoms with van der Waals surface area (Å²) in [6, 6.07) is 18.8. The Hall–Kier alpha value is -2.60. The first kappa shape index (κ1) is 19.4. The first-order valence-corrected chi connectivity index (χ1v) is 11.6. The molecule has 0 aliphatic heterocycles. The molecule has 1 amide bonds. The lowest BCUT2D eigenvalue weighted by Crippen LogP contribution is -2.36. The predicted octanol–water partition coefficient (Wildman–Crippen LogP) is 4.82. The Kier molecular flexibility index (Phi) is 5.34. The Labute approximate surface area is 181 Å². The van der Waals surface area contributed by atoms with E-state index < -0.39 is 0 Å². The van der Waals surface area contributed by atoms with Crippen LogP contribution in [0.5, 0.6) is 0 Å². The van der Waals surface area contributed by atoms with Crippen LogP contribution in [0.4, 0.5) is 0 Å². The van der Waals surface area contributed by atoms with E-state index in [0.29, 0.717) is 5.92 Å². The third-order valence-electron chi connectivity index (χ3n) is 5.95. The van der Waals surface area contributed by atoms with Gasteiger partial charge in [-0.25, -0.2) is 0 Å². The van der Waals surface area contributed by atoms with Crippen LogP contribution in [0.1, 0.15) is 61.5 Å². The van der Waals surface area contributed by atoms with Crippen molar-refractivity contribution >= 4 is 17.7 Å². The van der Waals surface area contributed by atoms with Crippen LogP contribution in [0, 0.1) is 0 Å². The lowest BCUT2D eigenvalue weighted by Gasteiger charge is -2.27. The number of carbonyl (C=O) groups is 1. The number of fused-ring (bicyclic) bond motifs is 1. The molecule has 2 atom stereocenters. The van der Waals surface area contributed by atoms with E-state index >= 15 is 0 Å². The Morgan fingerprint density at radius 3 is 2.63 bits per heavy atom. The number of aryl methyl sites for hydroxylation is 1. The normalized spacial score (nSPS) is 19.2. The van der Waals surface area contributed by atoms with Gasteiger partial charge in [0.05, 0.1) is 11.3 Å². The minimum Gasteiger partial charge on any atom is -0.348 e. The lowest BCUT2D eigenvalue weighted by atomic mass is 9.88. The Morgan fingerprint density at radius 2 is 1.83 bits per heavy atom. The molecule has 1 fully saturated rings. The van der Waals surface area contributed by atoms with Crippen molar-refractivity contribution in [2.75, 3.05) is 0 Å². The number of nitrogens with zero attached hydrogens (tertiary/aromatic N) is 3. The van der Waals surface area contributed by atoms with E-state index in [4.69, 9.17) is 0 Å². The second kappa shape index (κ2) is 8.26. The van der Waals surface area contributed by atoms with Gasteiger partial charge in [0.25, 0.3) is 0 Å². The first-order chi connectivity index (χ1) is 14.7. The van der Waals surface area contributed by atoms with Crippen molar-refractivity contribution in [1.29, 1.82) is 0 Å². The van der Waals surface area contributed by atoms with Crippen molar-refractivity contribution < 1.29 is 4.79 Å². The van der Waals surface area contributed by atoms with Crippen LogP contribution in [-0.2, 0) is 11.2 Å². The van der Waals surface area contributed by atoms with Gasteiger partial charge in [-0.1, -0.05) is 54.2 Å². The zero-order valence-corrected chi connectivity index (χ0v) is 17.9. The second-order valence-electron chi connectivity index (χ2n) is 8.20. The summed E-state index contributed by atoms with van der Waals surface area (Å²) in [7, 11) is 0. The largest absolute Gasteiger partial charge is 0.348 e. The number of hydrogen-bond donors (Lipinski definition) is 1. The Balaban J connectivity index is 1.34. The summed E-state index contributed by atoms with van der Waals surface area (Å²) < 4.78 is 2.13. The van der Waals surface area contributed by atoms with Crippen molar-refractivity contribution in [3.63, 3.8) is 0 Å². The van der Waals surface area contributed by atoms with Gasteiger partial charge >= 0.3 is 0 Å². The molecule has 0 bridgehead atoms. The molecule has 154 valence electrons. The van der Waals surface area contributed by atoms with Gasteiger partial charge in [0, 0.05) is 11.6 Å². The highest BCUT2D eigenvalue weighted by Gasteiger charge is 2.32. The molecule has 1 N–H and O–H groups in total. The second-order valence-corrected chi connectivity index (χ2v) is 9.51. The highest BCUT2D eigenvalue weighted by atomic mass is 32.2. The number of aromatic nitrogens is 3. The molecule has 0 radical (unpaired) electrons. The van der Waals surface area contributed by atoms with Crippen molar-refractivity contribution in [3.8, 4) is 5.69 Å². The van der Waals surface area contributed by atoms with Gasteiger partial charge in [-0.05, 0) is 62.3 Å². The number of hydrogen-bond acceptors (Lipinski definition) is 4. The zero-order valence-electron chi connectivity index (χ0n) is 17.1. The first-order valence-electron chi connectivity index (χ1n) is 10.8. The van der Waals surface area contributed by atoms with Crippen LogP contribution in [0.2, 0.25) is 0 Å². The third-order valence-corrected chi connectivity index (χ3v) is 7.00. The van der Waals surface area contributed by atoms with E-state index in [1.54, 1.807) is 0 Å². The quantitative estimate of drug-likeness (QED) is 0.583. The zero-order chi connectivity index (χ0) is 20.5. The minimum absolute atomic E-state index is 0.0530. The van der Waals surface area contributed by atoms with E-state index in [-0.39, 0.29) is 17.2 Å². The number of nitrogens with one attached hydrogen (secondary N) is 1. The summed E-state index contributed by atoms with van der Waals surface area (Å²) in [5.74, 6) is 1.55. The molecule has 0 spiro atoms. The van der Waals surface area contributed by atoms with Crippen LogP contribution in [0.15, 0.2) is 59.8 Å². The van der Waals surface area contributed by atoms with Crippen molar-refractivity contribution in [2.24, 2.45) is 0 Å². The summed E-state index contributed by atoms with van der Waals surface area (Å²) in [5.41, 5.74) is 3.67. The molecule has 1 heterocycles. The molecule has 6 heteroatoms.